The number of thiophene rings is 1. The van der Waals surface area contributed by atoms with Gasteiger partial charge in [0.1, 0.15) is 5.00 Å². The van der Waals surface area contributed by atoms with Gasteiger partial charge in [-0.3, -0.25) is 0 Å². The molecule has 0 radical (unpaired) electrons. The summed E-state index contributed by atoms with van der Waals surface area (Å²) in [5.74, 6) is 0.378. The molecule has 0 spiro atoms. The number of aryl methyl sites for hydroxylation is 1. The van der Waals surface area contributed by atoms with Crippen molar-refractivity contribution in [2.45, 2.75) is 6.92 Å². The number of esters is 1. The SMILES string of the molecule is COC(=O)c1cc(C)sc1NC(=S)N1CCN(c2ncccn2)CC1. The molecule has 2 aromatic rings. The molecular weight excluding hydrogens is 358 g/mol. The summed E-state index contributed by atoms with van der Waals surface area (Å²) in [6.07, 6.45) is 3.49. The molecule has 9 heteroatoms. The van der Waals surface area contributed by atoms with Gasteiger partial charge in [-0.2, -0.15) is 0 Å². The number of ether oxygens (including phenoxy) is 1. The summed E-state index contributed by atoms with van der Waals surface area (Å²) in [6.45, 7) is 5.06. The lowest BCUT2D eigenvalue weighted by Crippen LogP contribution is -2.50. The van der Waals surface area contributed by atoms with Crippen molar-refractivity contribution in [2.75, 3.05) is 43.5 Å². The molecule has 3 rings (SSSR count). The van der Waals surface area contributed by atoms with E-state index >= 15 is 0 Å². The van der Waals surface area contributed by atoms with Crippen LogP contribution in [0.25, 0.3) is 0 Å². The first-order valence-electron chi connectivity index (χ1n) is 7.85. The molecule has 1 saturated heterocycles. The molecule has 0 saturated carbocycles. The Hall–Kier alpha value is -2.26. The van der Waals surface area contributed by atoms with E-state index in [0.717, 1.165) is 42.0 Å². The Labute approximate surface area is 155 Å². The van der Waals surface area contributed by atoms with Gasteiger partial charge in [-0.1, -0.05) is 0 Å². The third-order valence-corrected chi connectivity index (χ3v) is 5.21. The number of rotatable bonds is 3. The van der Waals surface area contributed by atoms with Crippen LogP contribution in [0.1, 0.15) is 15.2 Å². The van der Waals surface area contributed by atoms with Crippen LogP contribution >= 0.6 is 23.6 Å². The predicted molar refractivity (Wildman–Crippen MR) is 102 cm³/mol. The van der Waals surface area contributed by atoms with Crippen LogP contribution in [0.5, 0.6) is 0 Å². The Kier molecular flexibility index (Phi) is 5.44. The third kappa shape index (κ3) is 4.05. The molecule has 3 heterocycles. The summed E-state index contributed by atoms with van der Waals surface area (Å²) in [5.41, 5.74) is 0.517. The van der Waals surface area contributed by atoms with E-state index in [1.165, 1.54) is 18.4 Å². The van der Waals surface area contributed by atoms with Crippen molar-refractivity contribution in [1.82, 2.24) is 14.9 Å². The summed E-state index contributed by atoms with van der Waals surface area (Å²) >= 11 is 7.01. The minimum atomic E-state index is -0.360. The van der Waals surface area contributed by atoms with E-state index in [4.69, 9.17) is 17.0 Å². The fourth-order valence-corrected chi connectivity index (χ4v) is 3.86. The first-order valence-corrected chi connectivity index (χ1v) is 9.07. The Morgan fingerprint density at radius 2 is 1.96 bits per heavy atom. The van der Waals surface area contributed by atoms with Gasteiger partial charge < -0.3 is 19.9 Å². The zero-order valence-corrected chi connectivity index (χ0v) is 15.7. The maximum absolute atomic E-state index is 11.9. The summed E-state index contributed by atoms with van der Waals surface area (Å²) < 4.78 is 4.83. The molecule has 7 nitrogen and oxygen atoms in total. The topological polar surface area (TPSA) is 70.6 Å². The fourth-order valence-electron chi connectivity index (χ4n) is 2.61. The van der Waals surface area contributed by atoms with Crippen molar-refractivity contribution >= 4 is 45.6 Å². The van der Waals surface area contributed by atoms with Gasteiger partial charge in [0, 0.05) is 43.4 Å². The van der Waals surface area contributed by atoms with Gasteiger partial charge in [0.05, 0.1) is 12.7 Å². The number of carbonyl (C=O) groups excluding carboxylic acids is 1. The molecule has 1 N–H and O–H groups in total. The number of hydrogen-bond donors (Lipinski definition) is 1. The normalized spacial score (nSPS) is 14.3. The summed E-state index contributed by atoms with van der Waals surface area (Å²) in [4.78, 5) is 25.7. The van der Waals surface area contributed by atoms with E-state index in [1.807, 2.05) is 13.0 Å². The first kappa shape index (κ1) is 17.6. The summed E-state index contributed by atoms with van der Waals surface area (Å²) in [5, 5.41) is 4.53. The van der Waals surface area contributed by atoms with Gasteiger partial charge in [0.2, 0.25) is 5.95 Å². The van der Waals surface area contributed by atoms with E-state index in [-0.39, 0.29) is 5.97 Å². The quantitative estimate of drug-likeness (QED) is 0.645. The minimum absolute atomic E-state index is 0.360. The molecule has 1 aliphatic rings. The first-order chi connectivity index (χ1) is 12.1. The van der Waals surface area contributed by atoms with E-state index in [0.29, 0.717) is 10.7 Å². The molecule has 132 valence electrons. The van der Waals surface area contributed by atoms with Gasteiger partial charge >= 0.3 is 5.97 Å². The second kappa shape index (κ2) is 7.75. The molecular formula is C16H19N5O2S2. The number of aromatic nitrogens is 2. The Morgan fingerprint density at radius 3 is 2.60 bits per heavy atom. The molecule has 0 bridgehead atoms. The number of nitrogens with zero attached hydrogens (tertiary/aromatic N) is 4. The molecule has 25 heavy (non-hydrogen) atoms. The zero-order valence-electron chi connectivity index (χ0n) is 14.1. The molecule has 2 aromatic heterocycles. The van der Waals surface area contributed by atoms with Crippen molar-refractivity contribution in [3.63, 3.8) is 0 Å². The third-order valence-electron chi connectivity index (χ3n) is 3.88. The molecule has 1 aliphatic heterocycles. The van der Waals surface area contributed by atoms with Gasteiger partial charge in [-0.15, -0.1) is 11.3 Å². The van der Waals surface area contributed by atoms with E-state index in [9.17, 15) is 4.79 Å². The highest BCUT2D eigenvalue weighted by Crippen LogP contribution is 2.28. The van der Waals surface area contributed by atoms with E-state index in [1.54, 1.807) is 18.5 Å². The van der Waals surface area contributed by atoms with E-state index < -0.39 is 0 Å². The molecule has 0 aromatic carbocycles. The maximum atomic E-state index is 11.9. The van der Waals surface area contributed by atoms with Crippen LogP contribution < -0.4 is 10.2 Å². The van der Waals surface area contributed by atoms with Crippen LogP contribution in [0.3, 0.4) is 0 Å². The average Bonchev–Trinajstić information content (AvgIpc) is 3.02. The van der Waals surface area contributed by atoms with Gasteiger partial charge in [0.15, 0.2) is 5.11 Å². The van der Waals surface area contributed by atoms with Crippen LogP contribution in [0.15, 0.2) is 24.5 Å². The van der Waals surface area contributed by atoms with Gasteiger partial charge in [-0.05, 0) is 31.3 Å². The number of methoxy groups -OCH3 is 1. The Balaban J connectivity index is 1.61. The number of thiocarbonyl (C=S) groups is 1. The highest BCUT2D eigenvalue weighted by atomic mass is 32.1. The second-order valence-electron chi connectivity index (χ2n) is 5.54. The molecule has 0 amide bonds. The maximum Gasteiger partial charge on any atom is 0.340 e. The largest absolute Gasteiger partial charge is 0.465 e. The van der Waals surface area contributed by atoms with Crippen LogP contribution in [-0.4, -0.2) is 59.2 Å². The number of piperazine rings is 1. The van der Waals surface area contributed by atoms with Crippen LogP contribution in [-0.2, 0) is 4.74 Å². The predicted octanol–water partition coefficient (Wildman–Crippen LogP) is 2.15. The van der Waals surface area contributed by atoms with Crippen LogP contribution in [0.2, 0.25) is 0 Å². The van der Waals surface area contributed by atoms with Crippen molar-refractivity contribution in [2.24, 2.45) is 0 Å². The van der Waals surface area contributed by atoms with Crippen LogP contribution in [0.4, 0.5) is 10.9 Å². The summed E-state index contributed by atoms with van der Waals surface area (Å²) in [7, 11) is 1.38. The molecule has 0 atom stereocenters. The fraction of sp³-hybridized carbons (Fsp3) is 0.375. The molecule has 1 fully saturated rings. The van der Waals surface area contributed by atoms with Crippen molar-refractivity contribution in [3.8, 4) is 0 Å². The van der Waals surface area contributed by atoms with Gasteiger partial charge in [0.25, 0.3) is 0 Å². The number of carbonyl (C=O) groups is 1. The lowest BCUT2D eigenvalue weighted by molar-refractivity contribution is 0.0602. The minimum Gasteiger partial charge on any atom is -0.465 e. The number of nitrogens with one attached hydrogen (secondary N) is 1. The zero-order chi connectivity index (χ0) is 17.8. The Bertz CT molecular complexity index is 757. The smallest absolute Gasteiger partial charge is 0.340 e. The van der Waals surface area contributed by atoms with Crippen molar-refractivity contribution in [3.05, 3.63) is 35.0 Å². The highest BCUT2D eigenvalue weighted by Gasteiger charge is 2.22. The molecule has 0 aliphatic carbocycles. The molecule has 0 unspecified atom stereocenters. The second-order valence-corrected chi connectivity index (χ2v) is 7.19. The number of hydrogen-bond acceptors (Lipinski definition) is 7. The standard InChI is InChI=1S/C16H19N5O2S2/c1-11-10-12(14(22)23-2)13(25-11)19-16(24)21-8-6-20(7-9-21)15-17-4-3-5-18-15/h3-5,10H,6-9H2,1-2H3,(H,19,24). The lowest BCUT2D eigenvalue weighted by atomic mass is 10.3. The van der Waals surface area contributed by atoms with Crippen molar-refractivity contribution < 1.29 is 9.53 Å². The van der Waals surface area contributed by atoms with Gasteiger partial charge in [-0.25, -0.2) is 14.8 Å². The van der Waals surface area contributed by atoms with Crippen molar-refractivity contribution in [1.29, 1.82) is 0 Å². The average molecular weight is 377 g/mol. The monoisotopic (exact) mass is 377 g/mol. The summed E-state index contributed by atoms with van der Waals surface area (Å²) in [6, 6.07) is 3.62. The van der Waals surface area contributed by atoms with E-state index in [2.05, 4.69) is 25.1 Å². The Morgan fingerprint density at radius 1 is 1.28 bits per heavy atom. The highest BCUT2D eigenvalue weighted by molar-refractivity contribution is 7.80. The lowest BCUT2D eigenvalue weighted by Gasteiger charge is -2.36. The number of anilines is 2. The van der Waals surface area contributed by atoms with Crippen LogP contribution in [0, 0.1) is 6.92 Å².